The molecule has 8 rings (SSSR count). The molecule has 266 valence electrons. The molecule has 3 aromatic carbocycles. The van der Waals surface area contributed by atoms with E-state index in [1.807, 2.05) is 23.6 Å². The summed E-state index contributed by atoms with van der Waals surface area (Å²) in [5.74, 6) is 0.740. The molecule has 1 aliphatic carbocycles. The number of anilines is 2. The van der Waals surface area contributed by atoms with Crippen LogP contribution in [0.1, 0.15) is 22.3 Å². The van der Waals surface area contributed by atoms with E-state index in [2.05, 4.69) is 20.6 Å². The Hall–Kier alpha value is -6.39. The monoisotopic (exact) mass is 747 g/mol. The number of carboxylic acids is 1. The molecule has 0 atom stereocenters. The van der Waals surface area contributed by atoms with Gasteiger partial charge in [0.1, 0.15) is 23.4 Å². The van der Waals surface area contributed by atoms with E-state index in [0.29, 0.717) is 85.8 Å². The van der Waals surface area contributed by atoms with Crippen LogP contribution >= 0.6 is 24.0 Å². The molecule has 3 aliphatic rings. The van der Waals surface area contributed by atoms with Crippen LogP contribution in [-0.2, 0) is 6.54 Å². The zero-order valence-electron chi connectivity index (χ0n) is 27.9. The van der Waals surface area contributed by atoms with Gasteiger partial charge in [-0.2, -0.15) is 0 Å². The van der Waals surface area contributed by atoms with E-state index in [1.165, 1.54) is 48.4 Å². The summed E-state index contributed by atoms with van der Waals surface area (Å²) in [5.41, 5.74) is 10.3. The number of aryl methyl sites for hydroxylation is 2. The number of aromatic carboxylic acids is 1. The van der Waals surface area contributed by atoms with Crippen molar-refractivity contribution < 1.29 is 28.9 Å². The molecule has 0 saturated carbocycles. The molecule has 0 amide bonds. The Bertz CT molecular complexity index is 2640. The quantitative estimate of drug-likeness (QED) is 0.0630. The number of fused-ring (bicyclic) bond motifs is 4. The van der Waals surface area contributed by atoms with Gasteiger partial charge in [-0.15, -0.1) is 0 Å². The summed E-state index contributed by atoms with van der Waals surface area (Å²) < 4.78 is 19.0. The van der Waals surface area contributed by atoms with E-state index in [-0.39, 0.29) is 35.1 Å². The van der Waals surface area contributed by atoms with E-state index in [4.69, 9.17) is 36.8 Å². The van der Waals surface area contributed by atoms with Gasteiger partial charge in [-0.3, -0.25) is 4.79 Å². The van der Waals surface area contributed by atoms with Crippen LogP contribution in [0.3, 0.4) is 0 Å². The van der Waals surface area contributed by atoms with Crippen LogP contribution < -0.4 is 31.3 Å². The van der Waals surface area contributed by atoms with Crippen LogP contribution in [0.4, 0.5) is 11.5 Å². The minimum absolute atomic E-state index is 0.00171. The Morgan fingerprint density at radius 1 is 1.04 bits per heavy atom. The molecule has 14 nitrogen and oxygen atoms in total. The smallest absolute Gasteiger partial charge is 0.336 e. The first-order valence-electron chi connectivity index (χ1n) is 16.3. The average molecular weight is 748 g/mol. The number of rotatable bonds is 9. The fourth-order valence-corrected chi connectivity index (χ4v) is 7.45. The lowest BCUT2D eigenvalue weighted by molar-refractivity contribution is 0.0697. The highest BCUT2D eigenvalue weighted by atomic mass is 32.2. The SMILES string of the molecule is Cc1cc2c(cc1Sc1nc3c(N)ncnc3n1CCCNC(=S)Nc1ccc(-c3c4ccc(=O)cc-4oc4cc(O)ccc34)c(C(=O)O)c1)OCO2. The summed E-state index contributed by atoms with van der Waals surface area (Å²) >= 11 is 7.05. The number of nitrogen functional groups attached to an aromatic ring is 1. The van der Waals surface area contributed by atoms with Gasteiger partial charge < -0.3 is 45.0 Å². The van der Waals surface area contributed by atoms with Crippen LogP contribution in [0.5, 0.6) is 17.2 Å². The second kappa shape index (κ2) is 13.6. The summed E-state index contributed by atoms with van der Waals surface area (Å²) in [6.45, 7) is 3.18. The van der Waals surface area contributed by atoms with Crippen LogP contribution in [0.2, 0.25) is 0 Å². The molecular weight excluding hydrogens is 719 g/mol. The molecule has 0 radical (unpaired) electrons. The van der Waals surface area contributed by atoms with Crippen LogP contribution in [0.25, 0.3) is 44.6 Å². The maximum atomic E-state index is 12.6. The van der Waals surface area contributed by atoms with Gasteiger partial charge in [0.25, 0.3) is 0 Å². The van der Waals surface area contributed by atoms with Crippen molar-refractivity contribution in [1.29, 1.82) is 0 Å². The number of aromatic nitrogens is 4. The van der Waals surface area contributed by atoms with Crippen molar-refractivity contribution in [3.8, 4) is 39.7 Å². The third-order valence-corrected chi connectivity index (χ3v) is 10.1. The highest BCUT2D eigenvalue weighted by Crippen LogP contribution is 2.43. The molecule has 2 aliphatic heterocycles. The summed E-state index contributed by atoms with van der Waals surface area (Å²) in [4.78, 5) is 39.1. The lowest BCUT2D eigenvalue weighted by Crippen LogP contribution is -2.30. The van der Waals surface area contributed by atoms with Gasteiger partial charge in [-0.05, 0) is 85.2 Å². The van der Waals surface area contributed by atoms with E-state index in [0.717, 1.165) is 10.5 Å². The second-order valence-electron chi connectivity index (χ2n) is 12.2. The van der Waals surface area contributed by atoms with Crippen LogP contribution in [0.15, 0.2) is 92.3 Å². The Kier molecular flexibility index (Phi) is 8.68. The highest BCUT2D eigenvalue weighted by molar-refractivity contribution is 7.99. The number of carboxylic acid groups (broad SMARTS) is 1. The fourth-order valence-electron chi connectivity index (χ4n) is 6.23. The van der Waals surface area contributed by atoms with E-state index in [9.17, 15) is 19.8 Å². The standard InChI is InChI=1S/C37H29N7O7S2/c1-18-11-28-29(50-17-49-28)15-30(18)53-37-43-32-33(38)40-16-41-34(32)44(37)10-2-9-39-36(52)42-19-3-6-22(25(12-19)35(47)48)31-23-7-4-20(45)13-26(23)51-27-14-21(46)5-8-24(27)31/h3-8,11-16,45H,2,9-10,17H2,1H3,(H,47,48)(H2,38,40,41)(H2,39,42,52). The zero-order valence-corrected chi connectivity index (χ0v) is 29.5. The molecule has 4 heterocycles. The van der Waals surface area contributed by atoms with Crippen molar-refractivity contribution in [2.75, 3.05) is 24.4 Å². The Balaban J connectivity index is 0.995. The summed E-state index contributed by atoms with van der Waals surface area (Å²) in [6, 6.07) is 17.7. The molecule has 53 heavy (non-hydrogen) atoms. The number of hydrogen-bond acceptors (Lipinski definition) is 12. The van der Waals surface area contributed by atoms with Gasteiger partial charge >= 0.3 is 5.97 Å². The molecule has 0 saturated heterocycles. The Morgan fingerprint density at radius 2 is 1.85 bits per heavy atom. The minimum Gasteiger partial charge on any atom is -0.508 e. The zero-order chi connectivity index (χ0) is 36.8. The van der Waals surface area contributed by atoms with Crippen molar-refractivity contribution in [3.63, 3.8) is 0 Å². The first-order valence-corrected chi connectivity index (χ1v) is 17.5. The fraction of sp³-hybridized carbons (Fsp3) is 0.135. The van der Waals surface area contributed by atoms with Crippen molar-refractivity contribution in [3.05, 3.63) is 94.4 Å². The number of thiocarbonyl (C=S) groups is 1. The molecule has 16 heteroatoms. The maximum Gasteiger partial charge on any atom is 0.336 e. The Morgan fingerprint density at radius 3 is 2.68 bits per heavy atom. The summed E-state index contributed by atoms with van der Waals surface area (Å²) in [6.07, 6.45) is 2.04. The molecule has 6 N–H and O–H groups in total. The predicted octanol–water partition coefficient (Wildman–Crippen LogP) is 6.26. The maximum absolute atomic E-state index is 12.6. The molecule has 0 unspecified atom stereocenters. The van der Waals surface area contributed by atoms with Crippen molar-refractivity contribution in [1.82, 2.24) is 24.8 Å². The van der Waals surface area contributed by atoms with Crippen LogP contribution in [0, 0.1) is 6.92 Å². The molecule has 0 bridgehead atoms. The number of phenolic OH excluding ortho intramolecular Hbond substituents is 1. The number of carbonyl (C=O) groups is 1. The number of aromatic hydroxyl groups is 1. The van der Waals surface area contributed by atoms with Gasteiger partial charge in [0.2, 0.25) is 6.79 Å². The topological polar surface area (TPSA) is 200 Å². The Labute approximate surface area is 309 Å². The number of phenols is 1. The number of nitrogens with two attached hydrogens (primary N) is 1. The van der Waals surface area contributed by atoms with Gasteiger partial charge in [-0.25, -0.2) is 19.7 Å². The molecule has 5 aromatic rings. The molecule has 2 aromatic heterocycles. The van der Waals surface area contributed by atoms with Gasteiger partial charge in [0, 0.05) is 52.3 Å². The second-order valence-corrected chi connectivity index (χ2v) is 13.6. The average Bonchev–Trinajstić information content (AvgIpc) is 3.73. The number of imidazole rings is 1. The van der Waals surface area contributed by atoms with Crippen molar-refractivity contribution in [2.45, 2.75) is 29.9 Å². The van der Waals surface area contributed by atoms with Gasteiger partial charge in [-0.1, -0.05) is 17.8 Å². The van der Waals surface area contributed by atoms with Crippen molar-refractivity contribution in [2.24, 2.45) is 0 Å². The molecule has 0 fully saturated rings. The third kappa shape index (κ3) is 6.49. The number of nitrogens with one attached hydrogen (secondary N) is 2. The van der Waals surface area contributed by atoms with Gasteiger partial charge in [0.05, 0.1) is 5.56 Å². The minimum atomic E-state index is -1.16. The normalized spacial score (nSPS) is 12.1. The summed E-state index contributed by atoms with van der Waals surface area (Å²) in [5, 5.41) is 28.3. The van der Waals surface area contributed by atoms with Crippen LogP contribution in [-0.4, -0.2) is 54.2 Å². The number of nitrogens with zero attached hydrogens (tertiary/aromatic N) is 4. The first-order chi connectivity index (χ1) is 25.6. The number of benzene rings is 4. The predicted molar refractivity (Wildman–Crippen MR) is 203 cm³/mol. The van der Waals surface area contributed by atoms with E-state index in [1.54, 1.807) is 24.3 Å². The number of hydrogen-bond donors (Lipinski definition) is 5. The van der Waals surface area contributed by atoms with Gasteiger partial charge in [0.15, 0.2) is 44.2 Å². The molecule has 0 spiro atoms. The van der Waals surface area contributed by atoms with E-state index < -0.39 is 5.97 Å². The highest BCUT2D eigenvalue weighted by Gasteiger charge is 2.23. The molecular formula is C37H29N7O7S2. The number of ether oxygens (including phenoxy) is 2. The third-order valence-electron chi connectivity index (χ3n) is 8.69. The lowest BCUT2D eigenvalue weighted by Gasteiger charge is -2.18. The first kappa shape index (κ1) is 33.7. The largest absolute Gasteiger partial charge is 0.508 e. The van der Waals surface area contributed by atoms with E-state index >= 15 is 0 Å². The lowest BCUT2D eigenvalue weighted by atomic mass is 9.90. The summed E-state index contributed by atoms with van der Waals surface area (Å²) in [7, 11) is 0. The van der Waals surface area contributed by atoms with Crippen molar-refractivity contribution >= 4 is 68.7 Å².